The number of hydrogen-bond acceptors (Lipinski definition) is 5. The Morgan fingerprint density at radius 2 is 1.89 bits per heavy atom. The number of thiazole rings is 1. The molecule has 0 spiro atoms. The van der Waals surface area contributed by atoms with Gasteiger partial charge in [-0.15, -0.1) is 16.4 Å². The van der Waals surface area contributed by atoms with Crippen molar-refractivity contribution in [2.75, 3.05) is 5.32 Å². The van der Waals surface area contributed by atoms with E-state index in [9.17, 15) is 4.79 Å². The molecule has 0 aliphatic carbocycles. The molecule has 1 amide bonds. The van der Waals surface area contributed by atoms with E-state index in [2.05, 4.69) is 53.5 Å². The van der Waals surface area contributed by atoms with Gasteiger partial charge in [0.15, 0.2) is 5.13 Å². The number of nitrogens with one attached hydrogen (secondary N) is 1. The van der Waals surface area contributed by atoms with Crippen LogP contribution in [0.2, 0.25) is 0 Å². The predicted molar refractivity (Wildman–Crippen MR) is 108 cm³/mol. The number of aryl methyl sites for hydroxylation is 3. The number of benzene rings is 2. The average Bonchev–Trinajstić information content (AvgIpc) is 3.26. The zero-order chi connectivity index (χ0) is 19.0. The third-order valence-corrected chi connectivity index (χ3v) is 5.34. The molecule has 2 aromatic carbocycles. The van der Waals surface area contributed by atoms with Crippen molar-refractivity contribution >= 4 is 33.4 Å². The lowest BCUT2D eigenvalue weighted by Gasteiger charge is -2.07. The second-order valence-electron chi connectivity index (χ2n) is 6.57. The van der Waals surface area contributed by atoms with E-state index < -0.39 is 0 Å². The highest BCUT2D eigenvalue weighted by Crippen LogP contribution is 2.29. The largest absolute Gasteiger partial charge is 0.300 e. The van der Waals surface area contributed by atoms with Crippen molar-refractivity contribution in [1.29, 1.82) is 0 Å². The summed E-state index contributed by atoms with van der Waals surface area (Å²) < 4.78 is 1.59. The van der Waals surface area contributed by atoms with Crippen molar-refractivity contribution in [2.45, 2.75) is 27.3 Å². The van der Waals surface area contributed by atoms with Crippen LogP contribution >= 0.6 is 11.3 Å². The molecule has 4 rings (SSSR count). The van der Waals surface area contributed by atoms with Gasteiger partial charge in [0, 0.05) is 10.9 Å². The van der Waals surface area contributed by atoms with Crippen LogP contribution in [0.1, 0.15) is 16.7 Å². The molecule has 1 N–H and O–H groups in total. The predicted octanol–water partition coefficient (Wildman–Crippen LogP) is 4.12. The van der Waals surface area contributed by atoms with Crippen LogP contribution in [0, 0.1) is 20.8 Å². The third-order valence-electron chi connectivity index (χ3n) is 4.58. The molecule has 27 heavy (non-hydrogen) atoms. The number of carbonyl (C=O) groups is 1. The number of aromatic nitrogens is 4. The van der Waals surface area contributed by atoms with Gasteiger partial charge in [-0.25, -0.2) is 9.67 Å². The van der Waals surface area contributed by atoms with Crippen LogP contribution in [0.4, 0.5) is 5.13 Å². The number of anilines is 1. The standard InChI is InChI=1S/C20H19N5OS/c1-12-8-14(3)15(9-13(12)2)17-11-27-20(21-17)22-19(26)10-25-18-7-5-4-6-16(18)23-24-25/h4-9,11H,10H2,1-3H3,(H,21,22,26). The van der Waals surface area contributed by atoms with Crippen molar-refractivity contribution in [1.82, 2.24) is 20.0 Å². The molecule has 0 radical (unpaired) electrons. The Labute approximate surface area is 160 Å². The molecule has 0 saturated carbocycles. The molecule has 0 saturated heterocycles. The number of carbonyl (C=O) groups excluding carboxylic acids is 1. The van der Waals surface area contributed by atoms with Crippen molar-refractivity contribution in [3.05, 3.63) is 58.5 Å². The van der Waals surface area contributed by atoms with Crippen LogP contribution in [-0.4, -0.2) is 25.9 Å². The second kappa shape index (κ2) is 6.92. The summed E-state index contributed by atoms with van der Waals surface area (Å²) in [7, 11) is 0. The molecule has 0 atom stereocenters. The number of amides is 1. The molecule has 0 unspecified atom stereocenters. The SMILES string of the molecule is Cc1cc(C)c(-c2csc(NC(=O)Cn3nnc4ccccc43)n2)cc1C. The van der Waals surface area contributed by atoms with E-state index in [-0.39, 0.29) is 12.5 Å². The molecule has 0 bridgehead atoms. The quantitative estimate of drug-likeness (QED) is 0.581. The summed E-state index contributed by atoms with van der Waals surface area (Å²) in [6.45, 7) is 6.37. The zero-order valence-electron chi connectivity index (χ0n) is 15.4. The van der Waals surface area contributed by atoms with Crippen LogP contribution in [0.5, 0.6) is 0 Å². The minimum absolute atomic E-state index is 0.0953. The van der Waals surface area contributed by atoms with Gasteiger partial charge in [0.25, 0.3) is 0 Å². The molecule has 2 heterocycles. The lowest BCUT2D eigenvalue weighted by Crippen LogP contribution is -2.19. The number of hydrogen-bond donors (Lipinski definition) is 1. The van der Waals surface area contributed by atoms with Crippen molar-refractivity contribution in [3.63, 3.8) is 0 Å². The van der Waals surface area contributed by atoms with Gasteiger partial charge in [-0.3, -0.25) is 4.79 Å². The molecule has 6 nitrogen and oxygen atoms in total. The molecular formula is C20H19N5OS. The molecule has 0 fully saturated rings. The highest BCUT2D eigenvalue weighted by atomic mass is 32.1. The smallest absolute Gasteiger partial charge is 0.247 e. The first-order chi connectivity index (χ1) is 13.0. The Morgan fingerprint density at radius 3 is 2.74 bits per heavy atom. The third kappa shape index (κ3) is 3.46. The summed E-state index contributed by atoms with van der Waals surface area (Å²) in [4.78, 5) is 17.0. The second-order valence-corrected chi connectivity index (χ2v) is 7.43. The minimum Gasteiger partial charge on any atom is -0.300 e. The fourth-order valence-electron chi connectivity index (χ4n) is 3.02. The van der Waals surface area contributed by atoms with Gasteiger partial charge < -0.3 is 5.32 Å². The molecule has 0 aliphatic rings. The fraction of sp³-hybridized carbons (Fsp3) is 0.200. The van der Waals surface area contributed by atoms with Crippen LogP contribution in [0.15, 0.2) is 41.8 Å². The highest BCUT2D eigenvalue weighted by Gasteiger charge is 2.13. The van der Waals surface area contributed by atoms with Crippen molar-refractivity contribution in [3.8, 4) is 11.3 Å². The summed E-state index contributed by atoms with van der Waals surface area (Å²) in [5, 5.41) is 13.5. The van der Waals surface area contributed by atoms with Gasteiger partial charge in [0.1, 0.15) is 12.1 Å². The zero-order valence-corrected chi connectivity index (χ0v) is 16.2. The van der Waals surface area contributed by atoms with E-state index in [1.54, 1.807) is 4.68 Å². The van der Waals surface area contributed by atoms with Gasteiger partial charge in [-0.1, -0.05) is 23.4 Å². The maximum atomic E-state index is 12.4. The Hall–Kier alpha value is -3.06. The Balaban J connectivity index is 1.51. The average molecular weight is 377 g/mol. The molecule has 2 aromatic heterocycles. The Kier molecular flexibility index (Phi) is 4.45. The first-order valence-corrected chi connectivity index (χ1v) is 9.51. The normalized spacial score (nSPS) is 11.1. The van der Waals surface area contributed by atoms with E-state index in [0.29, 0.717) is 5.13 Å². The van der Waals surface area contributed by atoms with Crippen molar-refractivity contribution < 1.29 is 4.79 Å². The van der Waals surface area contributed by atoms with Crippen LogP contribution in [-0.2, 0) is 11.3 Å². The number of rotatable bonds is 4. The van der Waals surface area contributed by atoms with Gasteiger partial charge in [0.05, 0.1) is 11.2 Å². The van der Waals surface area contributed by atoms with Gasteiger partial charge in [-0.2, -0.15) is 0 Å². The summed E-state index contributed by atoms with van der Waals surface area (Å²) in [5.41, 5.74) is 7.24. The minimum atomic E-state index is -0.177. The molecule has 136 valence electrons. The maximum absolute atomic E-state index is 12.4. The number of fused-ring (bicyclic) bond motifs is 1. The summed E-state index contributed by atoms with van der Waals surface area (Å²) in [6.07, 6.45) is 0. The maximum Gasteiger partial charge on any atom is 0.247 e. The summed E-state index contributed by atoms with van der Waals surface area (Å²) in [5.74, 6) is -0.177. The summed E-state index contributed by atoms with van der Waals surface area (Å²) in [6, 6.07) is 11.9. The highest BCUT2D eigenvalue weighted by molar-refractivity contribution is 7.14. The molecule has 0 aliphatic heterocycles. The van der Waals surface area contributed by atoms with Crippen LogP contribution in [0.25, 0.3) is 22.3 Å². The summed E-state index contributed by atoms with van der Waals surface area (Å²) >= 11 is 1.42. The van der Waals surface area contributed by atoms with E-state index >= 15 is 0 Å². The van der Waals surface area contributed by atoms with Gasteiger partial charge in [-0.05, 0) is 55.7 Å². The van der Waals surface area contributed by atoms with E-state index in [4.69, 9.17) is 0 Å². The molecule has 7 heteroatoms. The number of nitrogens with zero attached hydrogens (tertiary/aromatic N) is 4. The van der Waals surface area contributed by atoms with E-state index in [1.807, 2.05) is 29.6 Å². The Morgan fingerprint density at radius 1 is 1.11 bits per heavy atom. The lowest BCUT2D eigenvalue weighted by atomic mass is 9.99. The van der Waals surface area contributed by atoms with Gasteiger partial charge in [0.2, 0.25) is 5.91 Å². The Bertz CT molecular complexity index is 1140. The molecular weight excluding hydrogens is 358 g/mol. The lowest BCUT2D eigenvalue weighted by molar-refractivity contribution is -0.116. The monoisotopic (exact) mass is 377 g/mol. The van der Waals surface area contributed by atoms with Crippen molar-refractivity contribution in [2.24, 2.45) is 0 Å². The van der Waals surface area contributed by atoms with E-state index in [0.717, 1.165) is 22.3 Å². The van der Waals surface area contributed by atoms with E-state index in [1.165, 1.54) is 28.0 Å². The first-order valence-electron chi connectivity index (χ1n) is 8.63. The first kappa shape index (κ1) is 17.4. The molecule has 4 aromatic rings. The van der Waals surface area contributed by atoms with Gasteiger partial charge >= 0.3 is 0 Å². The topological polar surface area (TPSA) is 72.7 Å². The fourth-order valence-corrected chi connectivity index (χ4v) is 3.75. The van der Waals surface area contributed by atoms with Crippen LogP contribution < -0.4 is 5.32 Å². The number of para-hydroxylation sites is 1. The van der Waals surface area contributed by atoms with Crippen LogP contribution in [0.3, 0.4) is 0 Å².